The Kier molecular flexibility index (Phi) is 6.27. The maximum atomic E-state index is 12.8. The van der Waals surface area contributed by atoms with E-state index >= 15 is 0 Å². The van der Waals surface area contributed by atoms with E-state index in [1.807, 2.05) is 47.8 Å². The van der Waals surface area contributed by atoms with E-state index in [1.54, 1.807) is 17.3 Å². The first-order valence-corrected chi connectivity index (χ1v) is 9.44. The topological polar surface area (TPSA) is 89.2 Å². The second-order valence-electron chi connectivity index (χ2n) is 6.08. The first-order valence-electron chi connectivity index (χ1n) is 8.56. The van der Waals surface area contributed by atoms with Crippen LogP contribution >= 0.6 is 11.3 Å². The SMILES string of the molecule is NC(=O)CCN(Cc1ccccc1)C(=O)Cc1csc(-c2cccnc2)n1. The van der Waals surface area contributed by atoms with Gasteiger partial charge in [0.2, 0.25) is 11.8 Å². The van der Waals surface area contributed by atoms with Crippen LogP contribution in [0.4, 0.5) is 0 Å². The molecule has 0 fully saturated rings. The fourth-order valence-corrected chi connectivity index (χ4v) is 3.43. The maximum Gasteiger partial charge on any atom is 0.228 e. The number of thiazole rings is 1. The summed E-state index contributed by atoms with van der Waals surface area (Å²) in [5.74, 6) is -0.503. The summed E-state index contributed by atoms with van der Waals surface area (Å²) >= 11 is 1.48. The van der Waals surface area contributed by atoms with Crippen LogP contribution in [0.2, 0.25) is 0 Å². The fraction of sp³-hybridized carbons (Fsp3) is 0.200. The lowest BCUT2D eigenvalue weighted by atomic mass is 10.2. The first-order chi connectivity index (χ1) is 13.1. The van der Waals surface area contributed by atoms with Gasteiger partial charge in [-0.2, -0.15) is 0 Å². The number of carbonyl (C=O) groups is 2. The molecule has 6 nitrogen and oxygen atoms in total. The zero-order valence-corrected chi connectivity index (χ0v) is 15.6. The van der Waals surface area contributed by atoms with Gasteiger partial charge in [0, 0.05) is 42.8 Å². The molecule has 0 radical (unpaired) electrons. The number of primary amides is 1. The minimum absolute atomic E-state index is 0.0804. The van der Waals surface area contributed by atoms with E-state index in [9.17, 15) is 9.59 Å². The molecule has 2 heterocycles. The highest BCUT2D eigenvalue weighted by atomic mass is 32.1. The van der Waals surface area contributed by atoms with Crippen LogP contribution in [0.3, 0.4) is 0 Å². The van der Waals surface area contributed by atoms with Crippen molar-refractivity contribution in [2.75, 3.05) is 6.54 Å². The van der Waals surface area contributed by atoms with Crippen molar-refractivity contribution in [2.45, 2.75) is 19.4 Å². The van der Waals surface area contributed by atoms with Gasteiger partial charge in [0.15, 0.2) is 0 Å². The Morgan fingerprint density at radius 3 is 2.63 bits per heavy atom. The molecule has 2 N–H and O–H groups in total. The van der Waals surface area contributed by atoms with Gasteiger partial charge in [0.1, 0.15) is 5.01 Å². The smallest absolute Gasteiger partial charge is 0.228 e. The molecule has 2 amide bonds. The minimum atomic E-state index is -0.423. The molecule has 7 heteroatoms. The van der Waals surface area contributed by atoms with Gasteiger partial charge in [-0.3, -0.25) is 14.6 Å². The Bertz CT molecular complexity index is 897. The molecule has 138 valence electrons. The van der Waals surface area contributed by atoms with Gasteiger partial charge in [-0.05, 0) is 17.7 Å². The van der Waals surface area contributed by atoms with Crippen LogP contribution in [-0.4, -0.2) is 33.2 Å². The summed E-state index contributed by atoms with van der Waals surface area (Å²) < 4.78 is 0. The predicted molar refractivity (Wildman–Crippen MR) is 105 cm³/mol. The molecule has 0 aliphatic heterocycles. The highest BCUT2D eigenvalue weighted by Crippen LogP contribution is 2.23. The van der Waals surface area contributed by atoms with Crippen molar-refractivity contribution >= 4 is 23.2 Å². The summed E-state index contributed by atoms with van der Waals surface area (Å²) in [7, 11) is 0. The van der Waals surface area contributed by atoms with E-state index in [2.05, 4.69) is 9.97 Å². The quantitative estimate of drug-likeness (QED) is 0.651. The van der Waals surface area contributed by atoms with E-state index < -0.39 is 5.91 Å². The highest BCUT2D eigenvalue weighted by molar-refractivity contribution is 7.13. The third-order valence-electron chi connectivity index (χ3n) is 3.99. The number of nitrogens with zero attached hydrogens (tertiary/aromatic N) is 3. The average Bonchev–Trinajstić information content (AvgIpc) is 3.15. The number of rotatable bonds is 8. The molecule has 2 aromatic heterocycles. The number of nitrogens with two attached hydrogens (primary N) is 1. The lowest BCUT2D eigenvalue weighted by Gasteiger charge is -2.22. The normalized spacial score (nSPS) is 10.5. The second kappa shape index (κ2) is 9.05. The molecule has 3 rings (SSSR count). The number of benzene rings is 1. The molecule has 0 bridgehead atoms. The van der Waals surface area contributed by atoms with Crippen LogP contribution in [0.5, 0.6) is 0 Å². The third-order valence-corrected chi connectivity index (χ3v) is 4.93. The summed E-state index contributed by atoms with van der Waals surface area (Å²) in [6, 6.07) is 13.5. The van der Waals surface area contributed by atoms with E-state index in [0.29, 0.717) is 18.8 Å². The van der Waals surface area contributed by atoms with Crippen LogP contribution in [0.25, 0.3) is 10.6 Å². The summed E-state index contributed by atoms with van der Waals surface area (Å²) in [5, 5.41) is 2.72. The Labute approximate surface area is 161 Å². The monoisotopic (exact) mass is 380 g/mol. The van der Waals surface area contributed by atoms with Crippen molar-refractivity contribution in [1.82, 2.24) is 14.9 Å². The van der Waals surface area contributed by atoms with Gasteiger partial charge in [-0.25, -0.2) is 4.98 Å². The molecule has 0 spiro atoms. The van der Waals surface area contributed by atoms with Gasteiger partial charge < -0.3 is 10.6 Å². The number of amides is 2. The summed E-state index contributed by atoms with van der Waals surface area (Å²) in [6.45, 7) is 0.731. The Balaban J connectivity index is 1.70. The van der Waals surface area contributed by atoms with Crippen LogP contribution in [0.15, 0.2) is 60.2 Å². The molecule has 0 aliphatic carbocycles. The lowest BCUT2D eigenvalue weighted by molar-refractivity contribution is -0.131. The predicted octanol–water partition coefficient (Wildman–Crippen LogP) is 2.65. The van der Waals surface area contributed by atoms with Crippen molar-refractivity contribution in [3.05, 3.63) is 71.5 Å². The van der Waals surface area contributed by atoms with Gasteiger partial charge in [0.05, 0.1) is 12.1 Å². The number of hydrogen-bond donors (Lipinski definition) is 1. The molecular formula is C20H20N4O2S. The Hall–Kier alpha value is -3.06. The Morgan fingerprint density at radius 2 is 1.93 bits per heavy atom. The van der Waals surface area contributed by atoms with Crippen LogP contribution in [-0.2, 0) is 22.6 Å². The van der Waals surface area contributed by atoms with Crippen LogP contribution < -0.4 is 5.73 Å². The van der Waals surface area contributed by atoms with E-state index in [4.69, 9.17) is 5.73 Å². The van der Waals surface area contributed by atoms with Crippen LogP contribution in [0, 0.1) is 0 Å². The summed E-state index contributed by atoms with van der Waals surface area (Å²) in [4.78, 5) is 34.3. The maximum absolute atomic E-state index is 12.8. The van der Waals surface area contributed by atoms with Gasteiger partial charge in [-0.1, -0.05) is 30.3 Å². The molecule has 0 unspecified atom stereocenters. The van der Waals surface area contributed by atoms with Crippen LogP contribution in [0.1, 0.15) is 17.7 Å². The zero-order valence-electron chi connectivity index (χ0n) is 14.7. The van der Waals surface area contributed by atoms with Gasteiger partial charge in [-0.15, -0.1) is 11.3 Å². The molecule has 0 saturated heterocycles. The third kappa shape index (κ3) is 5.46. The van der Waals surface area contributed by atoms with Crippen molar-refractivity contribution < 1.29 is 9.59 Å². The van der Waals surface area contributed by atoms with Crippen molar-refractivity contribution in [2.24, 2.45) is 5.73 Å². The number of carbonyl (C=O) groups excluding carboxylic acids is 2. The molecule has 27 heavy (non-hydrogen) atoms. The molecule has 0 saturated carbocycles. The molecule has 0 atom stereocenters. The highest BCUT2D eigenvalue weighted by Gasteiger charge is 2.17. The van der Waals surface area contributed by atoms with E-state index in [-0.39, 0.29) is 18.7 Å². The van der Waals surface area contributed by atoms with Crippen molar-refractivity contribution in [3.8, 4) is 10.6 Å². The molecule has 1 aromatic carbocycles. The number of aromatic nitrogens is 2. The number of hydrogen-bond acceptors (Lipinski definition) is 5. The number of pyridine rings is 1. The molecule has 3 aromatic rings. The standard InChI is InChI=1S/C20H20N4O2S/c21-18(25)8-10-24(13-15-5-2-1-3-6-15)19(26)11-17-14-27-20(23-17)16-7-4-9-22-12-16/h1-7,9,12,14H,8,10-11,13H2,(H2,21,25). The second-order valence-corrected chi connectivity index (χ2v) is 6.94. The minimum Gasteiger partial charge on any atom is -0.370 e. The average molecular weight is 380 g/mol. The Morgan fingerprint density at radius 1 is 1.11 bits per heavy atom. The van der Waals surface area contributed by atoms with Crippen molar-refractivity contribution in [1.29, 1.82) is 0 Å². The summed E-state index contributed by atoms with van der Waals surface area (Å²) in [6.07, 6.45) is 3.78. The van der Waals surface area contributed by atoms with E-state index in [1.165, 1.54) is 11.3 Å². The zero-order chi connectivity index (χ0) is 19.1. The molecular weight excluding hydrogens is 360 g/mol. The summed E-state index contributed by atoms with van der Waals surface area (Å²) in [5.41, 5.74) is 7.90. The van der Waals surface area contributed by atoms with Crippen molar-refractivity contribution in [3.63, 3.8) is 0 Å². The van der Waals surface area contributed by atoms with Gasteiger partial charge >= 0.3 is 0 Å². The van der Waals surface area contributed by atoms with E-state index in [0.717, 1.165) is 16.1 Å². The first kappa shape index (κ1) is 18.7. The largest absolute Gasteiger partial charge is 0.370 e. The fourth-order valence-electron chi connectivity index (χ4n) is 2.62. The lowest BCUT2D eigenvalue weighted by Crippen LogP contribution is -2.34. The van der Waals surface area contributed by atoms with Gasteiger partial charge in [0.25, 0.3) is 0 Å². The molecule has 0 aliphatic rings.